The molecule has 10 aromatic rings. The van der Waals surface area contributed by atoms with Gasteiger partial charge in [-0.1, -0.05) is 127 Å². The lowest BCUT2D eigenvalue weighted by atomic mass is 9.95. The van der Waals surface area contributed by atoms with Gasteiger partial charge in [-0.3, -0.25) is 0 Å². The van der Waals surface area contributed by atoms with Crippen LogP contribution in [-0.2, 0) is 0 Å². The summed E-state index contributed by atoms with van der Waals surface area (Å²) in [6, 6.07) is 67.7. The van der Waals surface area contributed by atoms with E-state index >= 15 is 0 Å². The third-order valence-corrected chi connectivity index (χ3v) is 9.97. The highest BCUT2D eigenvalue weighted by atomic mass is 16.3. The second-order valence-electron chi connectivity index (χ2n) is 13.0. The van der Waals surface area contributed by atoms with Crippen molar-refractivity contribution in [2.75, 3.05) is 0 Å². The van der Waals surface area contributed by atoms with Gasteiger partial charge < -0.3 is 8.98 Å². The van der Waals surface area contributed by atoms with E-state index in [0.717, 1.165) is 27.6 Å². The number of para-hydroxylation sites is 2. The van der Waals surface area contributed by atoms with E-state index in [1.165, 1.54) is 66.3 Å². The van der Waals surface area contributed by atoms with E-state index in [-0.39, 0.29) is 0 Å². The molecule has 0 unspecified atom stereocenters. The molecule has 0 amide bonds. The first-order valence-corrected chi connectivity index (χ1v) is 17.1. The fourth-order valence-corrected chi connectivity index (χ4v) is 7.55. The maximum Gasteiger partial charge on any atom is 0.135 e. The number of nitrogens with zero attached hydrogens (tertiary/aromatic N) is 1. The zero-order valence-corrected chi connectivity index (χ0v) is 27.3. The molecule has 0 spiro atoms. The third kappa shape index (κ3) is 4.73. The van der Waals surface area contributed by atoms with Crippen molar-refractivity contribution in [3.63, 3.8) is 0 Å². The van der Waals surface area contributed by atoms with E-state index in [4.69, 9.17) is 4.42 Å². The number of benzene rings is 8. The topological polar surface area (TPSA) is 18.1 Å². The molecule has 234 valence electrons. The predicted octanol–water partition coefficient (Wildman–Crippen LogP) is 13.4. The van der Waals surface area contributed by atoms with Crippen LogP contribution in [0.15, 0.2) is 192 Å². The minimum atomic E-state index is 0.913. The lowest BCUT2D eigenvalue weighted by Gasteiger charge is -2.15. The van der Waals surface area contributed by atoms with E-state index in [9.17, 15) is 0 Å². The molecule has 2 heterocycles. The van der Waals surface area contributed by atoms with E-state index in [2.05, 4.69) is 180 Å². The molecule has 2 heteroatoms. The molecule has 0 radical (unpaired) electrons. The SMILES string of the molecule is c1ccc(-c2cccc(-c3cc(-c4ccccc4)cc(-n4c5ccccc5c5cc(-c6ccc7oc8ccccc8c7c6)ccc54)c3)c2)cc1. The van der Waals surface area contributed by atoms with Gasteiger partial charge in [0.1, 0.15) is 11.2 Å². The first-order chi connectivity index (χ1) is 24.8. The Morgan fingerprint density at radius 1 is 0.280 bits per heavy atom. The third-order valence-electron chi connectivity index (χ3n) is 9.97. The summed E-state index contributed by atoms with van der Waals surface area (Å²) in [5.74, 6) is 0. The summed E-state index contributed by atoms with van der Waals surface area (Å²) in [6.07, 6.45) is 0. The number of furan rings is 1. The Bertz CT molecular complexity index is 2860. The molecule has 0 bridgehead atoms. The van der Waals surface area contributed by atoms with Gasteiger partial charge in [-0.05, 0) is 105 Å². The molecule has 0 saturated carbocycles. The molecular formula is C48H31NO. The number of hydrogen-bond donors (Lipinski definition) is 0. The summed E-state index contributed by atoms with van der Waals surface area (Å²) in [5, 5.41) is 4.75. The van der Waals surface area contributed by atoms with Crippen LogP contribution in [-0.4, -0.2) is 4.57 Å². The van der Waals surface area contributed by atoms with Crippen molar-refractivity contribution < 1.29 is 4.42 Å². The molecule has 0 saturated heterocycles. The molecule has 0 aliphatic heterocycles. The van der Waals surface area contributed by atoms with Crippen LogP contribution in [0.4, 0.5) is 0 Å². The Kier molecular flexibility index (Phi) is 6.53. The van der Waals surface area contributed by atoms with Gasteiger partial charge in [0.15, 0.2) is 0 Å². The largest absolute Gasteiger partial charge is 0.456 e. The Labute approximate surface area is 290 Å². The summed E-state index contributed by atoms with van der Waals surface area (Å²) < 4.78 is 8.56. The maximum atomic E-state index is 6.13. The average molecular weight is 638 g/mol. The molecule has 2 aromatic heterocycles. The van der Waals surface area contributed by atoms with Gasteiger partial charge in [0, 0.05) is 27.2 Å². The number of hydrogen-bond acceptors (Lipinski definition) is 1. The minimum absolute atomic E-state index is 0.913. The first-order valence-electron chi connectivity index (χ1n) is 17.1. The predicted molar refractivity (Wildman–Crippen MR) is 210 cm³/mol. The van der Waals surface area contributed by atoms with E-state index in [1.54, 1.807) is 0 Å². The average Bonchev–Trinajstić information content (AvgIpc) is 3.73. The molecule has 0 aliphatic carbocycles. The quantitative estimate of drug-likeness (QED) is 0.184. The summed E-state index contributed by atoms with van der Waals surface area (Å²) in [5.41, 5.74) is 14.9. The van der Waals surface area contributed by atoms with Crippen LogP contribution in [0.5, 0.6) is 0 Å². The smallest absolute Gasteiger partial charge is 0.135 e. The molecule has 2 nitrogen and oxygen atoms in total. The Hall–Kier alpha value is -6.64. The second-order valence-corrected chi connectivity index (χ2v) is 13.0. The van der Waals surface area contributed by atoms with Crippen LogP contribution >= 0.6 is 0 Å². The number of aromatic nitrogens is 1. The zero-order valence-electron chi connectivity index (χ0n) is 27.3. The van der Waals surface area contributed by atoms with Crippen molar-refractivity contribution in [3.8, 4) is 50.2 Å². The van der Waals surface area contributed by atoms with Crippen molar-refractivity contribution >= 4 is 43.7 Å². The standard InChI is InChI=1S/C48H31NO/c1-3-12-32(13-4-1)34-16-11-17-35(26-34)39-27-38(33-14-5-2-6-15-33)28-40(29-39)49-45-20-9-7-18-41(45)43-30-36(22-24-46(43)49)37-23-25-48-44(31-37)42-19-8-10-21-47(42)50-48/h1-31H. The van der Waals surface area contributed by atoms with Gasteiger partial charge in [-0.15, -0.1) is 0 Å². The van der Waals surface area contributed by atoms with E-state index in [0.29, 0.717) is 0 Å². The van der Waals surface area contributed by atoms with Crippen molar-refractivity contribution in [2.45, 2.75) is 0 Å². The van der Waals surface area contributed by atoms with Gasteiger partial charge in [-0.2, -0.15) is 0 Å². The van der Waals surface area contributed by atoms with Gasteiger partial charge in [0.05, 0.1) is 11.0 Å². The summed E-state index contributed by atoms with van der Waals surface area (Å²) in [4.78, 5) is 0. The second kappa shape index (κ2) is 11.5. The normalized spacial score (nSPS) is 11.6. The van der Waals surface area contributed by atoms with Crippen LogP contribution in [0, 0.1) is 0 Å². The lowest BCUT2D eigenvalue weighted by molar-refractivity contribution is 0.669. The minimum Gasteiger partial charge on any atom is -0.456 e. The zero-order chi connectivity index (χ0) is 33.0. The molecule has 0 aliphatic rings. The molecular weight excluding hydrogens is 607 g/mol. The Morgan fingerprint density at radius 2 is 0.780 bits per heavy atom. The van der Waals surface area contributed by atoms with Gasteiger partial charge in [0.25, 0.3) is 0 Å². The molecule has 0 N–H and O–H groups in total. The summed E-state index contributed by atoms with van der Waals surface area (Å²) in [6.45, 7) is 0. The summed E-state index contributed by atoms with van der Waals surface area (Å²) in [7, 11) is 0. The van der Waals surface area contributed by atoms with Gasteiger partial charge in [0.2, 0.25) is 0 Å². The van der Waals surface area contributed by atoms with Crippen molar-refractivity contribution in [1.29, 1.82) is 0 Å². The van der Waals surface area contributed by atoms with E-state index < -0.39 is 0 Å². The molecule has 10 rings (SSSR count). The Balaban J connectivity index is 1.17. The van der Waals surface area contributed by atoms with Crippen molar-refractivity contribution in [3.05, 3.63) is 188 Å². The van der Waals surface area contributed by atoms with Crippen LogP contribution in [0.3, 0.4) is 0 Å². The molecule has 50 heavy (non-hydrogen) atoms. The van der Waals surface area contributed by atoms with Crippen LogP contribution in [0.2, 0.25) is 0 Å². The lowest BCUT2D eigenvalue weighted by Crippen LogP contribution is -1.96. The monoisotopic (exact) mass is 637 g/mol. The Morgan fingerprint density at radius 3 is 1.56 bits per heavy atom. The van der Waals surface area contributed by atoms with Gasteiger partial charge >= 0.3 is 0 Å². The molecule has 8 aromatic carbocycles. The van der Waals surface area contributed by atoms with Crippen molar-refractivity contribution in [2.24, 2.45) is 0 Å². The van der Waals surface area contributed by atoms with Crippen LogP contribution < -0.4 is 0 Å². The highest BCUT2D eigenvalue weighted by Gasteiger charge is 2.16. The van der Waals surface area contributed by atoms with Crippen LogP contribution in [0.25, 0.3) is 93.9 Å². The fourth-order valence-electron chi connectivity index (χ4n) is 7.55. The first kappa shape index (κ1) is 28.4. The van der Waals surface area contributed by atoms with Crippen molar-refractivity contribution in [1.82, 2.24) is 4.57 Å². The number of rotatable bonds is 5. The fraction of sp³-hybridized carbons (Fsp3) is 0. The van der Waals surface area contributed by atoms with Crippen LogP contribution in [0.1, 0.15) is 0 Å². The maximum absolute atomic E-state index is 6.13. The highest BCUT2D eigenvalue weighted by molar-refractivity contribution is 6.11. The summed E-state index contributed by atoms with van der Waals surface area (Å²) >= 11 is 0. The number of fused-ring (bicyclic) bond motifs is 6. The molecule has 0 atom stereocenters. The molecule has 0 fully saturated rings. The highest BCUT2D eigenvalue weighted by Crippen LogP contribution is 2.39. The van der Waals surface area contributed by atoms with Gasteiger partial charge in [-0.25, -0.2) is 0 Å². The van der Waals surface area contributed by atoms with E-state index in [1.807, 2.05) is 12.1 Å².